The highest BCUT2D eigenvalue weighted by Gasteiger charge is 2.30. The monoisotopic (exact) mass is 249 g/mol. The summed E-state index contributed by atoms with van der Waals surface area (Å²) in [5.41, 5.74) is 3.93. The van der Waals surface area contributed by atoms with Crippen LogP contribution < -0.4 is 5.32 Å². The number of nitrogens with one attached hydrogen (secondary N) is 1. The second-order valence-corrected chi connectivity index (χ2v) is 6.01. The van der Waals surface area contributed by atoms with Gasteiger partial charge in [0.1, 0.15) is 0 Å². The highest BCUT2D eigenvalue weighted by molar-refractivity contribution is 5.29. The predicted molar refractivity (Wildman–Crippen MR) is 75.6 cm³/mol. The van der Waals surface area contributed by atoms with E-state index in [0.29, 0.717) is 6.04 Å². The van der Waals surface area contributed by atoms with Crippen LogP contribution in [-0.2, 0) is 7.05 Å². The third-order valence-electron chi connectivity index (χ3n) is 4.64. The third-order valence-corrected chi connectivity index (χ3v) is 4.64. The summed E-state index contributed by atoms with van der Waals surface area (Å²) >= 11 is 0. The van der Waals surface area contributed by atoms with Crippen molar-refractivity contribution in [2.24, 2.45) is 18.9 Å². The quantitative estimate of drug-likeness (QED) is 0.892. The van der Waals surface area contributed by atoms with Crippen LogP contribution in [0.15, 0.2) is 0 Å². The standard InChI is InChI=1S/C15H27N3/c1-10-7-6-8-13(9-10)15(16-4)14-11(2)17-18(5)12(14)3/h10,13,15-16H,6-9H2,1-5H3. The van der Waals surface area contributed by atoms with Crippen LogP contribution >= 0.6 is 0 Å². The molecule has 0 aliphatic heterocycles. The van der Waals surface area contributed by atoms with Gasteiger partial charge in [0.05, 0.1) is 5.69 Å². The summed E-state index contributed by atoms with van der Waals surface area (Å²) in [7, 11) is 4.14. The summed E-state index contributed by atoms with van der Waals surface area (Å²) in [6.07, 6.45) is 5.48. The first-order valence-electron chi connectivity index (χ1n) is 7.22. The molecule has 0 bridgehead atoms. The van der Waals surface area contributed by atoms with Crippen molar-refractivity contribution in [1.82, 2.24) is 15.1 Å². The highest BCUT2D eigenvalue weighted by Crippen LogP contribution is 2.38. The van der Waals surface area contributed by atoms with E-state index in [1.807, 2.05) is 11.7 Å². The van der Waals surface area contributed by atoms with Gasteiger partial charge in [-0.05, 0) is 45.6 Å². The lowest BCUT2D eigenvalue weighted by Gasteiger charge is -2.33. The summed E-state index contributed by atoms with van der Waals surface area (Å²) < 4.78 is 2.02. The molecule has 1 heterocycles. The van der Waals surface area contributed by atoms with Gasteiger partial charge in [0, 0.05) is 24.3 Å². The molecular formula is C15H27N3. The van der Waals surface area contributed by atoms with E-state index in [9.17, 15) is 0 Å². The minimum Gasteiger partial charge on any atom is -0.313 e. The normalized spacial score (nSPS) is 26.3. The van der Waals surface area contributed by atoms with Crippen LogP contribution in [0.25, 0.3) is 0 Å². The second-order valence-electron chi connectivity index (χ2n) is 6.01. The van der Waals surface area contributed by atoms with Crippen LogP contribution in [0, 0.1) is 25.7 Å². The molecule has 0 radical (unpaired) electrons. The Labute approximate surface area is 111 Å². The third kappa shape index (κ3) is 2.46. The number of hydrogen-bond acceptors (Lipinski definition) is 2. The summed E-state index contributed by atoms with van der Waals surface area (Å²) in [6.45, 7) is 6.71. The number of nitrogens with zero attached hydrogens (tertiary/aromatic N) is 2. The molecule has 1 aliphatic carbocycles. The molecule has 2 rings (SSSR count). The first-order chi connectivity index (χ1) is 8.54. The average Bonchev–Trinajstić information content (AvgIpc) is 2.57. The van der Waals surface area contributed by atoms with E-state index < -0.39 is 0 Å². The molecule has 3 heteroatoms. The van der Waals surface area contributed by atoms with Crippen molar-refractivity contribution in [2.75, 3.05) is 7.05 Å². The minimum absolute atomic E-state index is 0.474. The lowest BCUT2D eigenvalue weighted by atomic mass is 9.76. The molecule has 0 aromatic carbocycles. The molecule has 1 saturated carbocycles. The van der Waals surface area contributed by atoms with Crippen molar-refractivity contribution in [1.29, 1.82) is 0 Å². The summed E-state index contributed by atoms with van der Waals surface area (Å²) in [5, 5.41) is 8.12. The zero-order valence-corrected chi connectivity index (χ0v) is 12.5. The van der Waals surface area contributed by atoms with Crippen LogP contribution in [0.4, 0.5) is 0 Å². The van der Waals surface area contributed by atoms with Crippen LogP contribution in [0.1, 0.15) is 55.6 Å². The predicted octanol–water partition coefficient (Wildman–Crippen LogP) is 3.12. The maximum absolute atomic E-state index is 4.57. The Balaban J connectivity index is 2.27. The van der Waals surface area contributed by atoms with Crippen molar-refractivity contribution < 1.29 is 0 Å². The molecule has 1 N–H and O–H groups in total. The Hall–Kier alpha value is -0.830. The SMILES string of the molecule is CNC(c1c(C)nn(C)c1C)C1CCCC(C)C1. The van der Waals surface area contributed by atoms with E-state index in [1.54, 1.807) is 0 Å². The molecule has 0 amide bonds. The lowest BCUT2D eigenvalue weighted by Crippen LogP contribution is -2.29. The Bertz CT molecular complexity index is 408. The zero-order valence-electron chi connectivity index (χ0n) is 12.5. The maximum Gasteiger partial charge on any atom is 0.0644 e. The fourth-order valence-electron chi connectivity index (χ4n) is 3.64. The Morgan fingerprint density at radius 1 is 1.33 bits per heavy atom. The number of aromatic nitrogens is 2. The van der Waals surface area contributed by atoms with Crippen molar-refractivity contribution in [3.8, 4) is 0 Å². The molecule has 1 fully saturated rings. The summed E-state index contributed by atoms with van der Waals surface area (Å²) in [4.78, 5) is 0. The van der Waals surface area contributed by atoms with Gasteiger partial charge in [0.2, 0.25) is 0 Å². The molecule has 3 atom stereocenters. The lowest BCUT2D eigenvalue weighted by molar-refractivity contribution is 0.229. The van der Waals surface area contributed by atoms with Gasteiger partial charge in [-0.3, -0.25) is 4.68 Å². The molecule has 0 saturated heterocycles. The van der Waals surface area contributed by atoms with E-state index in [4.69, 9.17) is 0 Å². The zero-order chi connectivity index (χ0) is 13.3. The first-order valence-corrected chi connectivity index (χ1v) is 7.22. The molecule has 18 heavy (non-hydrogen) atoms. The van der Waals surface area contributed by atoms with Gasteiger partial charge in [-0.1, -0.05) is 19.8 Å². The van der Waals surface area contributed by atoms with Crippen LogP contribution in [0.3, 0.4) is 0 Å². The smallest absolute Gasteiger partial charge is 0.0644 e. The fraction of sp³-hybridized carbons (Fsp3) is 0.800. The van der Waals surface area contributed by atoms with Gasteiger partial charge in [0.25, 0.3) is 0 Å². The topological polar surface area (TPSA) is 29.9 Å². The maximum atomic E-state index is 4.57. The van der Waals surface area contributed by atoms with Gasteiger partial charge in [0.15, 0.2) is 0 Å². The molecule has 1 aliphatic rings. The van der Waals surface area contributed by atoms with Crippen molar-refractivity contribution in [3.05, 3.63) is 17.0 Å². The molecule has 3 nitrogen and oxygen atoms in total. The van der Waals surface area contributed by atoms with E-state index >= 15 is 0 Å². The van der Waals surface area contributed by atoms with Crippen molar-refractivity contribution >= 4 is 0 Å². The average molecular weight is 249 g/mol. The van der Waals surface area contributed by atoms with Gasteiger partial charge in [-0.25, -0.2) is 0 Å². The first kappa shape index (κ1) is 13.6. The van der Waals surface area contributed by atoms with Crippen LogP contribution in [-0.4, -0.2) is 16.8 Å². The van der Waals surface area contributed by atoms with Gasteiger partial charge in [-0.2, -0.15) is 5.10 Å². The molecule has 1 aromatic heterocycles. The van der Waals surface area contributed by atoms with Gasteiger partial charge < -0.3 is 5.32 Å². The molecule has 3 unspecified atom stereocenters. The van der Waals surface area contributed by atoms with E-state index in [-0.39, 0.29) is 0 Å². The molecular weight excluding hydrogens is 222 g/mol. The van der Waals surface area contributed by atoms with E-state index in [1.165, 1.54) is 42.6 Å². The largest absolute Gasteiger partial charge is 0.313 e. The summed E-state index contributed by atoms with van der Waals surface area (Å²) in [6, 6.07) is 0.474. The number of hydrogen-bond donors (Lipinski definition) is 1. The molecule has 102 valence electrons. The fourth-order valence-corrected chi connectivity index (χ4v) is 3.64. The molecule has 0 spiro atoms. The Morgan fingerprint density at radius 3 is 2.56 bits per heavy atom. The van der Waals surface area contributed by atoms with Gasteiger partial charge in [-0.15, -0.1) is 0 Å². The van der Waals surface area contributed by atoms with Gasteiger partial charge >= 0.3 is 0 Å². The Morgan fingerprint density at radius 2 is 2.06 bits per heavy atom. The number of rotatable bonds is 3. The van der Waals surface area contributed by atoms with Crippen LogP contribution in [0.2, 0.25) is 0 Å². The minimum atomic E-state index is 0.474. The second kappa shape index (κ2) is 5.43. The van der Waals surface area contributed by atoms with E-state index in [0.717, 1.165) is 11.8 Å². The number of aryl methyl sites for hydroxylation is 2. The van der Waals surface area contributed by atoms with Crippen LogP contribution in [0.5, 0.6) is 0 Å². The van der Waals surface area contributed by atoms with Crippen molar-refractivity contribution in [3.63, 3.8) is 0 Å². The van der Waals surface area contributed by atoms with E-state index in [2.05, 4.69) is 38.2 Å². The highest BCUT2D eigenvalue weighted by atomic mass is 15.3. The van der Waals surface area contributed by atoms with Crippen molar-refractivity contribution in [2.45, 2.75) is 52.5 Å². The Kier molecular flexibility index (Phi) is 4.10. The summed E-state index contributed by atoms with van der Waals surface area (Å²) in [5.74, 6) is 1.64. The molecule has 1 aromatic rings.